The van der Waals surface area contributed by atoms with Crippen molar-refractivity contribution in [1.29, 1.82) is 0 Å². The fourth-order valence-corrected chi connectivity index (χ4v) is 2.64. The molecule has 20 heavy (non-hydrogen) atoms. The minimum absolute atomic E-state index is 0.229. The lowest BCUT2D eigenvalue weighted by molar-refractivity contribution is 0.132. The Kier molecular flexibility index (Phi) is 3.13. The van der Waals surface area contributed by atoms with E-state index in [1.807, 2.05) is 0 Å². The second-order valence-electron chi connectivity index (χ2n) is 5.69. The zero-order valence-electron chi connectivity index (χ0n) is 12.3. The third kappa shape index (κ3) is 2.24. The highest BCUT2D eigenvalue weighted by molar-refractivity contribution is 5.85. The van der Waals surface area contributed by atoms with Crippen molar-refractivity contribution in [2.24, 2.45) is 0 Å². The summed E-state index contributed by atoms with van der Waals surface area (Å²) in [5.41, 5.74) is 4.76. The van der Waals surface area contributed by atoms with Crippen LogP contribution in [0.5, 0.6) is 5.75 Å². The van der Waals surface area contributed by atoms with Gasteiger partial charge in [-0.15, -0.1) is 0 Å². The second-order valence-corrected chi connectivity index (χ2v) is 5.69. The predicted molar refractivity (Wildman–Crippen MR) is 84.0 cm³/mol. The number of hydrogen-bond donors (Lipinski definition) is 0. The molecule has 0 N–H and O–H groups in total. The summed E-state index contributed by atoms with van der Waals surface area (Å²) < 4.78 is 6.20. The maximum atomic E-state index is 6.20. The molecular formula is C19H20O. The van der Waals surface area contributed by atoms with Gasteiger partial charge in [-0.05, 0) is 49.6 Å². The lowest BCUT2D eigenvalue weighted by Gasteiger charge is -2.33. The Balaban J connectivity index is 2.21. The molecular weight excluding hydrogens is 244 g/mol. The van der Waals surface area contributed by atoms with Gasteiger partial charge in [0.25, 0.3) is 0 Å². The minimum atomic E-state index is -0.229. The van der Waals surface area contributed by atoms with Crippen LogP contribution in [0.4, 0.5) is 0 Å². The molecule has 0 aromatic heterocycles. The van der Waals surface area contributed by atoms with E-state index in [2.05, 4.69) is 75.4 Å². The molecule has 1 unspecified atom stereocenters. The molecule has 0 bridgehead atoms. The molecule has 0 fully saturated rings. The molecule has 0 aliphatic carbocycles. The SMILES string of the molecule is CCC1(C)C=C(c2ccccc2)c2cc(C)ccc2O1. The molecule has 1 aliphatic heterocycles. The first-order valence-corrected chi connectivity index (χ1v) is 7.19. The van der Waals surface area contributed by atoms with Gasteiger partial charge in [-0.25, -0.2) is 0 Å². The van der Waals surface area contributed by atoms with Crippen LogP contribution in [0, 0.1) is 6.92 Å². The van der Waals surface area contributed by atoms with Crippen LogP contribution in [0.3, 0.4) is 0 Å². The van der Waals surface area contributed by atoms with Crippen molar-refractivity contribution in [2.75, 3.05) is 0 Å². The highest BCUT2D eigenvalue weighted by Crippen LogP contribution is 2.40. The molecule has 0 spiro atoms. The van der Waals surface area contributed by atoms with Crippen molar-refractivity contribution in [3.05, 3.63) is 71.3 Å². The Hall–Kier alpha value is -2.02. The van der Waals surface area contributed by atoms with E-state index in [0.717, 1.165) is 12.2 Å². The molecule has 3 rings (SSSR count). The van der Waals surface area contributed by atoms with Crippen LogP contribution < -0.4 is 4.74 Å². The highest BCUT2D eigenvalue weighted by atomic mass is 16.5. The summed E-state index contributed by atoms with van der Waals surface area (Å²) in [6.07, 6.45) is 3.22. The first kappa shape index (κ1) is 13.0. The van der Waals surface area contributed by atoms with Gasteiger partial charge in [0.15, 0.2) is 0 Å². The van der Waals surface area contributed by atoms with Crippen LogP contribution in [-0.2, 0) is 0 Å². The van der Waals surface area contributed by atoms with Crippen molar-refractivity contribution in [2.45, 2.75) is 32.8 Å². The Bertz CT molecular complexity index is 655. The Labute approximate surface area is 120 Å². The quantitative estimate of drug-likeness (QED) is 0.742. The summed E-state index contributed by atoms with van der Waals surface area (Å²) >= 11 is 0. The standard InChI is InChI=1S/C19H20O/c1-4-19(3)13-17(15-8-6-5-7-9-15)16-12-14(2)10-11-18(16)20-19/h5-13H,4H2,1-3H3. The van der Waals surface area contributed by atoms with Gasteiger partial charge in [0.05, 0.1) is 0 Å². The van der Waals surface area contributed by atoms with Crippen LogP contribution >= 0.6 is 0 Å². The van der Waals surface area contributed by atoms with Crippen molar-refractivity contribution in [1.82, 2.24) is 0 Å². The first-order valence-electron chi connectivity index (χ1n) is 7.19. The van der Waals surface area contributed by atoms with Gasteiger partial charge in [0.2, 0.25) is 0 Å². The molecule has 2 aromatic rings. The van der Waals surface area contributed by atoms with Crippen molar-refractivity contribution < 1.29 is 4.74 Å². The van der Waals surface area contributed by atoms with Crippen molar-refractivity contribution in [3.8, 4) is 5.75 Å². The van der Waals surface area contributed by atoms with Crippen LogP contribution in [0.15, 0.2) is 54.6 Å². The van der Waals surface area contributed by atoms with Gasteiger partial charge < -0.3 is 4.74 Å². The fourth-order valence-electron chi connectivity index (χ4n) is 2.64. The van der Waals surface area contributed by atoms with Gasteiger partial charge in [-0.2, -0.15) is 0 Å². The summed E-state index contributed by atoms with van der Waals surface area (Å²) in [5, 5.41) is 0. The minimum Gasteiger partial charge on any atom is -0.483 e. The van der Waals surface area contributed by atoms with Crippen molar-refractivity contribution >= 4 is 5.57 Å². The van der Waals surface area contributed by atoms with E-state index in [0.29, 0.717) is 0 Å². The first-order chi connectivity index (χ1) is 9.61. The van der Waals surface area contributed by atoms with E-state index >= 15 is 0 Å². The lowest BCUT2D eigenvalue weighted by Crippen LogP contribution is -2.32. The van der Waals surface area contributed by atoms with Gasteiger partial charge in [-0.3, -0.25) is 0 Å². The average Bonchev–Trinajstić information content (AvgIpc) is 2.48. The Morgan fingerprint density at radius 1 is 1.05 bits per heavy atom. The maximum Gasteiger partial charge on any atom is 0.128 e. The molecule has 1 atom stereocenters. The Morgan fingerprint density at radius 3 is 2.50 bits per heavy atom. The van der Waals surface area contributed by atoms with E-state index < -0.39 is 0 Å². The fraction of sp³-hybridized carbons (Fsp3) is 0.263. The molecule has 1 nitrogen and oxygen atoms in total. The monoisotopic (exact) mass is 264 g/mol. The number of benzene rings is 2. The number of hydrogen-bond acceptors (Lipinski definition) is 1. The molecule has 2 aromatic carbocycles. The molecule has 0 saturated carbocycles. The lowest BCUT2D eigenvalue weighted by atomic mass is 9.87. The third-order valence-electron chi connectivity index (χ3n) is 4.00. The van der Waals surface area contributed by atoms with Crippen LogP contribution in [0.1, 0.15) is 37.0 Å². The van der Waals surface area contributed by atoms with Gasteiger partial charge in [0.1, 0.15) is 11.4 Å². The average molecular weight is 264 g/mol. The largest absolute Gasteiger partial charge is 0.483 e. The molecule has 0 saturated heterocycles. The summed E-state index contributed by atoms with van der Waals surface area (Å²) in [6, 6.07) is 17.0. The summed E-state index contributed by atoms with van der Waals surface area (Å²) in [7, 11) is 0. The number of aryl methyl sites for hydroxylation is 1. The second kappa shape index (κ2) is 4.82. The number of ether oxygens (including phenoxy) is 1. The highest BCUT2D eigenvalue weighted by Gasteiger charge is 2.29. The van der Waals surface area contributed by atoms with Crippen molar-refractivity contribution in [3.63, 3.8) is 0 Å². The predicted octanol–water partition coefficient (Wildman–Crippen LogP) is 4.99. The van der Waals surface area contributed by atoms with E-state index in [1.165, 1.54) is 22.3 Å². The van der Waals surface area contributed by atoms with Gasteiger partial charge in [-0.1, -0.05) is 48.9 Å². The number of fused-ring (bicyclic) bond motifs is 1. The zero-order valence-corrected chi connectivity index (χ0v) is 12.3. The molecule has 1 heteroatoms. The van der Waals surface area contributed by atoms with Crippen LogP contribution in [-0.4, -0.2) is 5.60 Å². The van der Waals surface area contributed by atoms with E-state index in [9.17, 15) is 0 Å². The molecule has 0 amide bonds. The zero-order chi connectivity index (χ0) is 14.2. The van der Waals surface area contributed by atoms with Gasteiger partial charge in [0, 0.05) is 5.56 Å². The smallest absolute Gasteiger partial charge is 0.128 e. The topological polar surface area (TPSA) is 9.23 Å². The summed E-state index contributed by atoms with van der Waals surface area (Å²) in [6.45, 7) is 6.44. The molecule has 102 valence electrons. The molecule has 1 aliphatic rings. The maximum absolute atomic E-state index is 6.20. The Morgan fingerprint density at radius 2 is 1.80 bits per heavy atom. The summed E-state index contributed by atoms with van der Waals surface area (Å²) in [5.74, 6) is 0.987. The van der Waals surface area contributed by atoms with E-state index in [-0.39, 0.29) is 5.60 Å². The van der Waals surface area contributed by atoms with E-state index in [4.69, 9.17) is 4.74 Å². The van der Waals surface area contributed by atoms with Crippen LogP contribution in [0.2, 0.25) is 0 Å². The number of rotatable bonds is 2. The third-order valence-corrected chi connectivity index (χ3v) is 4.00. The van der Waals surface area contributed by atoms with Crippen LogP contribution in [0.25, 0.3) is 5.57 Å². The normalized spacial score (nSPS) is 20.9. The van der Waals surface area contributed by atoms with Gasteiger partial charge >= 0.3 is 0 Å². The van der Waals surface area contributed by atoms with E-state index in [1.54, 1.807) is 0 Å². The summed E-state index contributed by atoms with van der Waals surface area (Å²) in [4.78, 5) is 0. The molecule has 1 heterocycles. The molecule has 0 radical (unpaired) electrons.